The number of aryl methyl sites for hydroxylation is 2. The third-order valence-corrected chi connectivity index (χ3v) is 1.94. The van der Waals surface area contributed by atoms with Gasteiger partial charge in [0, 0.05) is 6.61 Å². The van der Waals surface area contributed by atoms with Crippen molar-refractivity contribution in [2.24, 2.45) is 0 Å². The molecule has 0 unspecified atom stereocenters. The zero-order chi connectivity index (χ0) is 10.6. The number of nitrogen functional groups attached to an aromatic ring is 1. The maximum atomic E-state index is 5.82. The van der Waals surface area contributed by atoms with Crippen molar-refractivity contribution in [3.8, 4) is 5.75 Å². The highest BCUT2D eigenvalue weighted by atomic mass is 16.7. The second-order valence-corrected chi connectivity index (χ2v) is 3.26. The van der Waals surface area contributed by atoms with E-state index in [0.717, 1.165) is 16.9 Å². The van der Waals surface area contributed by atoms with E-state index < -0.39 is 0 Å². The third-order valence-electron chi connectivity index (χ3n) is 1.94. The molecule has 0 aliphatic rings. The van der Waals surface area contributed by atoms with Gasteiger partial charge in [-0.15, -0.1) is 0 Å². The number of benzene rings is 1. The van der Waals surface area contributed by atoms with Gasteiger partial charge in [0.1, 0.15) is 5.75 Å². The Bertz CT molecular complexity index is 287. The lowest BCUT2D eigenvalue weighted by Gasteiger charge is -2.12. The average Bonchev–Trinajstić information content (AvgIpc) is 2.09. The average molecular weight is 195 g/mol. The molecule has 0 aliphatic heterocycles. The molecule has 1 rings (SSSR count). The van der Waals surface area contributed by atoms with Crippen LogP contribution in [0, 0.1) is 13.8 Å². The van der Waals surface area contributed by atoms with Gasteiger partial charge in [0.2, 0.25) is 0 Å². The summed E-state index contributed by atoms with van der Waals surface area (Å²) in [5, 5.41) is 0. The highest BCUT2D eigenvalue weighted by molar-refractivity contribution is 5.58. The van der Waals surface area contributed by atoms with E-state index in [9.17, 15) is 0 Å². The first-order valence-electron chi connectivity index (χ1n) is 4.72. The molecule has 0 bridgehead atoms. The summed E-state index contributed by atoms with van der Waals surface area (Å²) in [6, 6.07) is 3.94. The van der Waals surface area contributed by atoms with Gasteiger partial charge < -0.3 is 15.2 Å². The second-order valence-electron chi connectivity index (χ2n) is 3.26. The summed E-state index contributed by atoms with van der Waals surface area (Å²) in [4.78, 5) is 0. The van der Waals surface area contributed by atoms with Crippen LogP contribution in [0.5, 0.6) is 5.75 Å². The van der Waals surface area contributed by atoms with Crippen LogP contribution in [0.25, 0.3) is 0 Å². The van der Waals surface area contributed by atoms with E-state index in [1.165, 1.54) is 0 Å². The van der Waals surface area contributed by atoms with Crippen LogP contribution in [0.3, 0.4) is 0 Å². The predicted octanol–water partition coefficient (Wildman–Crippen LogP) is 2.26. The van der Waals surface area contributed by atoms with E-state index in [2.05, 4.69) is 0 Å². The topological polar surface area (TPSA) is 44.5 Å². The number of hydrogen-bond donors (Lipinski definition) is 1. The number of anilines is 1. The van der Waals surface area contributed by atoms with Gasteiger partial charge in [0.25, 0.3) is 0 Å². The monoisotopic (exact) mass is 195 g/mol. The highest BCUT2D eigenvalue weighted by Crippen LogP contribution is 2.27. The van der Waals surface area contributed by atoms with Crippen LogP contribution in [0.4, 0.5) is 5.69 Å². The van der Waals surface area contributed by atoms with Gasteiger partial charge in [0.05, 0.1) is 5.69 Å². The smallest absolute Gasteiger partial charge is 0.189 e. The van der Waals surface area contributed by atoms with E-state index in [4.69, 9.17) is 15.2 Å². The van der Waals surface area contributed by atoms with Crippen LogP contribution in [-0.2, 0) is 4.74 Å². The Morgan fingerprint density at radius 1 is 1.29 bits per heavy atom. The SMILES string of the molecule is CCOCOc1c(C)cc(C)cc1N. The molecule has 0 radical (unpaired) electrons. The van der Waals surface area contributed by atoms with Gasteiger partial charge >= 0.3 is 0 Å². The van der Waals surface area contributed by atoms with Crippen molar-refractivity contribution in [3.05, 3.63) is 23.3 Å². The minimum atomic E-state index is 0.255. The van der Waals surface area contributed by atoms with Crippen LogP contribution in [0.1, 0.15) is 18.1 Å². The van der Waals surface area contributed by atoms with Crippen LogP contribution < -0.4 is 10.5 Å². The first-order valence-corrected chi connectivity index (χ1v) is 4.72. The maximum absolute atomic E-state index is 5.82. The van der Waals surface area contributed by atoms with Gasteiger partial charge in [-0.1, -0.05) is 6.07 Å². The Hall–Kier alpha value is -1.22. The van der Waals surface area contributed by atoms with Crippen molar-refractivity contribution in [2.45, 2.75) is 20.8 Å². The normalized spacial score (nSPS) is 10.2. The summed E-state index contributed by atoms with van der Waals surface area (Å²) in [7, 11) is 0. The summed E-state index contributed by atoms with van der Waals surface area (Å²) in [6.07, 6.45) is 0. The van der Waals surface area contributed by atoms with Crippen LogP contribution in [0.15, 0.2) is 12.1 Å². The fourth-order valence-corrected chi connectivity index (χ4v) is 1.37. The Labute approximate surface area is 84.8 Å². The number of nitrogens with two attached hydrogens (primary N) is 1. The zero-order valence-corrected chi connectivity index (χ0v) is 8.96. The van der Waals surface area contributed by atoms with Crippen molar-refractivity contribution in [2.75, 3.05) is 19.1 Å². The summed E-state index contributed by atoms with van der Waals surface area (Å²) in [5.74, 6) is 0.726. The number of hydrogen-bond acceptors (Lipinski definition) is 3. The quantitative estimate of drug-likeness (QED) is 0.455. The lowest BCUT2D eigenvalue weighted by Crippen LogP contribution is -2.05. The molecule has 0 fully saturated rings. The second kappa shape index (κ2) is 4.86. The van der Waals surface area contributed by atoms with Gasteiger partial charge in [0.15, 0.2) is 6.79 Å². The first kappa shape index (κ1) is 10.9. The molecule has 0 amide bonds. The molecule has 0 spiro atoms. The third kappa shape index (κ3) is 2.64. The van der Waals surface area contributed by atoms with E-state index >= 15 is 0 Å². The van der Waals surface area contributed by atoms with E-state index in [0.29, 0.717) is 12.3 Å². The largest absolute Gasteiger partial charge is 0.465 e. The van der Waals surface area contributed by atoms with Crippen LogP contribution >= 0.6 is 0 Å². The molecule has 78 valence electrons. The fourth-order valence-electron chi connectivity index (χ4n) is 1.37. The molecule has 1 aromatic rings. The molecule has 0 atom stereocenters. The molecule has 0 aliphatic carbocycles. The number of ether oxygens (including phenoxy) is 2. The van der Waals surface area contributed by atoms with Crippen LogP contribution in [-0.4, -0.2) is 13.4 Å². The molecule has 1 aromatic carbocycles. The molecule has 14 heavy (non-hydrogen) atoms. The summed E-state index contributed by atoms with van der Waals surface area (Å²) < 4.78 is 10.5. The van der Waals surface area contributed by atoms with Crippen LogP contribution in [0.2, 0.25) is 0 Å². The first-order chi connectivity index (χ1) is 6.65. The maximum Gasteiger partial charge on any atom is 0.189 e. The molecule has 0 saturated carbocycles. The van der Waals surface area contributed by atoms with Gasteiger partial charge in [-0.05, 0) is 38.0 Å². The Kier molecular flexibility index (Phi) is 3.77. The standard InChI is InChI=1S/C11H17NO2/c1-4-13-7-14-11-9(3)5-8(2)6-10(11)12/h5-6H,4,7,12H2,1-3H3. The summed E-state index contributed by atoms with van der Waals surface area (Å²) in [6.45, 7) is 6.81. The van der Waals surface area contributed by atoms with Crippen molar-refractivity contribution in [3.63, 3.8) is 0 Å². The summed E-state index contributed by atoms with van der Waals surface area (Å²) in [5.41, 5.74) is 8.68. The molecular formula is C11H17NO2. The lowest BCUT2D eigenvalue weighted by molar-refractivity contribution is 0.0224. The molecule has 3 heteroatoms. The van der Waals surface area contributed by atoms with E-state index in [1.54, 1.807) is 0 Å². The molecule has 2 N–H and O–H groups in total. The Balaban J connectivity index is 2.75. The number of rotatable bonds is 4. The van der Waals surface area contributed by atoms with Crippen molar-refractivity contribution >= 4 is 5.69 Å². The van der Waals surface area contributed by atoms with E-state index in [1.807, 2.05) is 32.9 Å². The molecule has 0 heterocycles. The predicted molar refractivity (Wildman–Crippen MR) is 57.4 cm³/mol. The van der Waals surface area contributed by atoms with Crippen molar-refractivity contribution in [1.29, 1.82) is 0 Å². The molecule has 0 saturated heterocycles. The molecule has 3 nitrogen and oxygen atoms in total. The lowest BCUT2D eigenvalue weighted by atomic mass is 10.1. The Morgan fingerprint density at radius 2 is 2.00 bits per heavy atom. The highest BCUT2D eigenvalue weighted by Gasteiger charge is 2.04. The van der Waals surface area contributed by atoms with Crippen molar-refractivity contribution in [1.82, 2.24) is 0 Å². The molecular weight excluding hydrogens is 178 g/mol. The fraction of sp³-hybridized carbons (Fsp3) is 0.455. The van der Waals surface area contributed by atoms with Gasteiger partial charge in [-0.25, -0.2) is 0 Å². The Morgan fingerprint density at radius 3 is 2.57 bits per heavy atom. The van der Waals surface area contributed by atoms with E-state index in [-0.39, 0.29) is 6.79 Å². The summed E-state index contributed by atoms with van der Waals surface area (Å²) >= 11 is 0. The molecule has 0 aromatic heterocycles. The zero-order valence-electron chi connectivity index (χ0n) is 8.96. The minimum absolute atomic E-state index is 0.255. The van der Waals surface area contributed by atoms with Gasteiger partial charge in [-0.3, -0.25) is 0 Å². The van der Waals surface area contributed by atoms with Gasteiger partial charge in [-0.2, -0.15) is 0 Å². The minimum Gasteiger partial charge on any atom is -0.465 e. The van der Waals surface area contributed by atoms with Crippen molar-refractivity contribution < 1.29 is 9.47 Å².